The highest BCUT2D eigenvalue weighted by Crippen LogP contribution is 2.26. The molecule has 4 N–H and O–H groups in total. The van der Waals surface area contributed by atoms with Crippen molar-refractivity contribution >= 4 is 12.5 Å². The van der Waals surface area contributed by atoms with Gasteiger partial charge in [-0.1, -0.05) is 19.1 Å². The summed E-state index contributed by atoms with van der Waals surface area (Å²) in [7, 11) is 0. The van der Waals surface area contributed by atoms with Crippen molar-refractivity contribution < 1.29 is 24.9 Å². The molecule has 0 bridgehead atoms. The summed E-state index contributed by atoms with van der Waals surface area (Å²) in [6.07, 6.45) is 4.49. The number of carbonyl (C=O) groups is 2. The predicted octanol–water partition coefficient (Wildman–Crippen LogP) is 2.18. The van der Waals surface area contributed by atoms with E-state index in [-0.39, 0.29) is 24.3 Å². The smallest absolute Gasteiger partial charge is 0.317 e. The zero-order valence-electron chi connectivity index (χ0n) is 17.1. The van der Waals surface area contributed by atoms with Gasteiger partial charge in [0.2, 0.25) is 0 Å². The van der Waals surface area contributed by atoms with E-state index in [1.807, 2.05) is 24.0 Å². The van der Waals surface area contributed by atoms with E-state index in [4.69, 9.17) is 9.90 Å². The number of carboxylic acid groups (broad SMARTS) is 1. The first-order valence-electron chi connectivity index (χ1n) is 10.3. The Morgan fingerprint density at radius 2 is 1.72 bits per heavy atom. The van der Waals surface area contributed by atoms with E-state index in [1.165, 1.54) is 12.8 Å². The van der Waals surface area contributed by atoms with E-state index >= 15 is 0 Å². The van der Waals surface area contributed by atoms with Crippen LogP contribution in [0.3, 0.4) is 0 Å². The Morgan fingerprint density at radius 3 is 2.24 bits per heavy atom. The lowest BCUT2D eigenvalue weighted by atomic mass is 9.91. The number of benzene rings is 1. The van der Waals surface area contributed by atoms with Crippen LogP contribution in [0.2, 0.25) is 0 Å². The van der Waals surface area contributed by atoms with Gasteiger partial charge in [-0.15, -0.1) is 0 Å². The van der Waals surface area contributed by atoms with Gasteiger partial charge in [0.05, 0.1) is 11.6 Å². The largest absolute Gasteiger partial charge is 0.508 e. The third-order valence-electron chi connectivity index (χ3n) is 5.70. The normalized spacial score (nSPS) is 19.7. The number of aliphatic hydroxyl groups is 1. The summed E-state index contributed by atoms with van der Waals surface area (Å²) in [5.41, 5.74) is 0.323. The van der Waals surface area contributed by atoms with E-state index in [0.29, 0.717) is 25.9 Å². The Labute approximate surface area is 172 Å². The third-order valence-corrected chi connectivity index (χ3v) is 5.70. The van der Waals surface area contributed by atoms with Gasteiger partial charge in [0.15, 0.2) is 0 Å². The van der Waals surface area contributed by atoms with Gasteiger partial charge in [0.1, 0.15) is 5.75 Å². The van der Waals surface area contributed by atoms with Crippen molar-refractivity contribution in [1.29, 1.82) is 0 Å². The minimum absolute atomic E-state index is 0.0755. The van der Waals surface area contributed by atoms with Crippen LogP contribution in [0.25, 0.3) is 0 Å². The number of urea groups is 1. The molecule has 1 atom stereocenters. The third kappa shape index (κ3) is 6.90. The van der Waals surface area contributed by atoms with Gasteiger partial charge in [0, 0.05) is 19.6 Å². The molecule has 1 unspecified atom stereocenters. The second kappa shape index (κ2) is 11.0. The van der Waals surface area contributed by atoms with Gasteiger partial charge in [-0.3, -0.25) is 4.79 Å². The number of phenols is 1. The Kier molecular flexibility index (Phi) is 8.72. The highest BCUT2D eigenvalue weighted by Gasteiger charge is 2.36. The van der Waals surface area contributed by atoms with E-state index in [1.54, 1.807) is 12.1 Å². The van der Waals surface area contributed by atoms with Crippen LogP contribution in [-0.4, -0.2) is 75.9 Å². The standard InChI is InChI=1S/C20H31N3O3.CH2O2/c1-2-18(16-5-7-17(24)8-6-16)21-19(25)23-13-9-20(26,10-14-23)15-22-11-3-4-12-22;2-1-3/h5-8,18,24,26H,2-4,9-15H2,1H3,(H,21,25);1H,(H,2,3). The molecule has 8 heteroatoms. The number of nitrogens with one attached hydrogen (secondary N) is 1. The van der Waals surface area contributed by atoms with Crippen molar-refractivity contribution in [1.82, 2.24) is 15.1 Å². The molecule has 162 valence electrons. The molecule has 2 aliphatic rings. The second-order valence-electron chi connectivity index (χ2n) is 7.80. The summed E-state index contributed by atoms with van der Waals surface area (Å²) < 4.78 is 0. The maximum absolute atomic E-state index is 12.6. The van der Waals surface area contributed by atoms with Gasteiger partial charge in [-0.2, -0.15) is 0 Å². The highest BCUT2D eigenvalue weighted by atomic mass is 16.3. The summed E-state index contributed by atoms with van der Waals surface area (Å²) in [6, 6.07) is 6.82. The van der Waals surface area contributed by atoms with E-state index < -0.39 is 5.60 Å². The first kappa shape index (κ1) is 23.0. The molecule has 2 aliphatic heterocycles. The van der Waals surface area contributed by atoms with Gasteiger partial charge in [-0.25, -0.2) is 4.79 Å². The van der Waals surface area contributed by atoms with Crippen molar-refractivity contribution in [3.63, 3.8) is 0 Å². The van der Waals surface area contributed by atoms with Gasteiger partial charge in [0.25, 0.3) is 6.47 Å². The number of aromatic hydroxyl groups is 1. The van der Waals surface area contributed by atoms with Crippen LogP contribution in [0.4, 0.5) is 4.79 Å². The number of carbonyl (C=O) groups excluding carboxylic acids is 1. The maximum atomic E-state index is 12.6. The highest BCUT2D eigenvalue weighted by molar-refractivity contribution is 5.74. The van der Waals surface area contributed by atoms with Crippen molar-refractivity contribution in [2.24, 2.45) is 0 Å². The summed E-state index contributed by atoms with van der Waals surface area (Å²) in [5, 5.41) is 30.2. The molecule has 2 saturated heterocycles. The SMILES string of the molecule is CCC(NC(=O)N1CCC(O)(CN2CCCC2)CC1)c1ccc(O)cc1.O=CO. The Bertz CT molecular complexity index is 638. The van der Waals surface area contributed by atoms with E-state index in [9.17, 15) is 15.0 Å². The average Bonchev–Trinajstić information content (AvgIpc) is 3.20. The molecule has 1 aromatic rings. The topological polar surface area (TPSA) is 113 Å². The molecule has 1 aromatic carbocycles. The van der Waals surface area contributed by atoms with Crippen LogP contribution in [0, 0.1) is 0 Å². The average molecular weight is 408 g/mol. The Morgan fingerprint density at radius 1 is 1.17 bits per heavy atom. The maximum Gasteiger partial charge on any atom is 0.317 e. The molecule has 2 heterocycles. The molecule has 8 nitrogen and oxygen atoms in total. The molecule has 3 rings (SSSR count). The molecular formula is C21H33N3O5. The van der Waals surface area contributed by atoms with Gasteiger partial charge >= 0.3 is 6.03 Å². The number of likely N-dealkylation sites (tertiary alicyclic amines) is 2. The van der Waals surface area contributed by atoms with Crippen LogP contribution >= 0.6 is 0 Å². The molecule has 29 heavy (non-hydrogen) atoms. The van der Waals surface area contributed by atoms with Gasteiger partial charge < -0.3 is 30.4 Å². The van der Waals surface area contributed by atoms with Crippen LogP contribution in [0.5, 0.6) is 5.75 Å². The fourth-order valence-corrected chi connectivity index (χ4v) is 4.01. The zero-order valence-corrected chi connectivity index (χ0v) is 17.1. The lowest BCUT2D eigenvalue weighted by molar-refractivity contribution is -0.122. The summed E-state index contributed by atoms with van der Waals surface area (Å²) in [5.74, 6) is 0.225. The van der Waals surface area contributed by atoms with Crippen molar-refractivity contribution in [2.45, 2.75) is 50.7 Å². The van der Waals surface area contributed by atoms with Crippen LogP contribution in [-0.2, 0) is 4.79 Å². The molecule has 0 radical (unpaired) electrons. The lowest BCUT2D eigenvalue weighted by Gasteiger charge is -2.40. The molecule has 0 aliphatic carbocycles. The minimum atomic E-state index is -0.664. The first-order valence-corrected chi connectivity index (χ1v) is 10.3. The van der Waals surface area contributed by atoms with Crippen molar-refractivity contribution in [3.8, 4) is 5.75 Å². The predicted molar refractivity (Wildman–Crippen MR) is 110 cm³/mol. The Balaban J connectivity index is 0.000000941. The van der Waals surface area contributed by atoms with Gasteiger partial charge in [-0.05, 0) is 62.9 Å². The molecule has 0 aromatic heterocycles. The monoisotopic (exact) mass is 407 g/mol. The number of β-amino-alcohol motifs (C(OH)–C–C–N with tert-alkyl or cyclic N) is 1. The number of piperidine rings is 1. The number of hydrogen-bond donors (Lipinski definition) is 4. The van der Waals surface area contributed by atoms with Crippen LogP contribution in [0.15, 0.2) is 24.3 Å². The zero-order chi connectivity index (χ0) is 21.3. The quantitative estimate of drug-likeness (QED) is 0.557. The molecule has 2 amide bonds. The van der Waals surface area contributed by atoms with Crippen LogP contribution in [0.1, 0.15) is 50.6 Å². The minimum Gasteiger partial charge on any atom is -0.508 e. The number of nitrogens with zero attached hydrogens (tertiary/aromatic N) is 2. The summed E-state index contributed by atoms with van der Waals surface area (Å²) >= 11 is 0. The molecule has 0 saturated carbocycles. The summed E-state index contributed by atoms with van der Waals surface area (Å²) in [6.45, 7) is 5.84. The van der Waals surface area contributed by atoms with Crippen LogP contribution < -0.4 is 5.32 Å². The summed E-state index contributed by atoms with van der Waals surface area (Å²) in [4.78, 5) is 25.1. The second-order valence-corrected chi connectivity index (χ2v) is 7.80. The fourth-order valence-electron chi connectivity index (χ4n) is 4.01. The number of rotatable bonds is 5. The van der Waals surface area contributed by atoms with E-state index in [2.05, 4.69) is 10.2 Å². The first-order chi connectivity index (χ1) is 13.9. The number of amides is 2. The number of hydrogen-bond acceptors (Lipinski definition) is 5. The Hall–Kier alpha value is -2.32. The lowest BCUT2D eigenvalue weighted by Crippen LogP contribution is -2.53. The molecular weight excluding hydrogens is 374 g/mol. The number of phenolic OH excluding ortho intramolecular Hbond substituents is 1. The van der Waals surface area contributed by atoms with E-state index in [0.717, 1.165) is 31.6 Å². The molecule has 2 fully saturated rings. The fraction of sp³-hybridized carbons (Fsp3) is 0.619. The molecule has 0 spiro atoms. The van der Waals surface area contributed by atoms with Crippen molar-refractivity contribution in [3.05, 3.63) is 29.8 Å². The van der Waals surface area contributed by atoms with Crippen molar-refractivity contribution in [2.75, 3.05) is 32.7 Å².